The van der Waals surface area contributed by atoms with Crippen LogP contribution in [0.4, 0.5) is 0 Å². The molecule has 1 fully saturated rings. The summed E-state index contributed by atoms with van der Waals surface area (Å²) in [6.45, 7) is 1.08. The molecule has 0 spiro atoms. The van der Waals surface area contributed by atoms with E-state index in [1.165, 1.54) is 22.9 Å². The molecule has 2 unspecified atom stereocenters. The summed E-state index contributed by atoms with van der Waals surface area (Å²) in [5.41, 5.74) is 3.86. The van der Waals surface area contributed by atoms with Crippen LogP contribution in [0.1, 0.15) is 29.5 Å². The predicted octanol–water partition coefficient (Wildman–Crippen LogP) is 4.05. The summed E-state index contributed by atoms with van der Waals surface area (Å²) < 4.78 is 0. The van der Waals surface area contributed by atoms with Gasteiger partial charge in [0.25, 0.3) is 0 Å². The van der Waals surface area contributed by atoms with E-state index >= 15 is 0 Å². The second-order valence-electron chi connectivity index (χ2n) is 5.69. The summed E-state index contributed by atoms with van der Waals surface area (Å²) in [4.78, 5) is 4.41. The van der Waals surface area contributed by atoms with E-state index in [0.717, 1.165) is 12.1 Å². The van der Waals surface area contributed by atoms with Gasteiger partial charge in [-0.1, -0.05) is 42.5 Å². The molecule has 2 heterocycles. The number of rotatable bonds is 2. The zero-order valence-corrected chi connectivity index (χ0v) is 11.9. The van der Waals surface area contributed by atoms with Gasteiger partial charge in [0, 0.05) is 23.5 Å². The van der Waals surface area contributed by atoms with Crippen LogP contribution in [0.5, 0.6) is 0 Å². The summed E-state index contributed by atoms with van der Waals surface area (Å²) in [6, 6.07) is 22.0. The Bertz CT molecular complexity index is 752. The van der Waals surface area contributed by atoms with Crippen molar-refractivity contribution < 1.29 is 0 Å². The van der Waals surface area contributed by atoms with E-state index in [0.29, 0.717) is 12.0 Å². The minimum absolute atomic E-state index is 0.400. The second kappa shape index (κ2) is 5.30. The lowest BCUT2D eigenvalue weighted by molar-refractivity contribution is 0.578. The molecule has 0 radical (unpaired) electrons. The summed E-state index contributed by atoms with van der Waals surface area (Å²) in [5.74, 6) is 0.556. The number of pyridine rings is 1. The first-order valence-electron chi connectivity index (χ1n) is 7.55. The van der Waals surface area contributed by atoms with Crippen molar-refractivity contribution in [3.63, 3.8) is 0 Å². The third-order valence-corrected chi connectivity index (χ3v) is 4.44. The highest BCUT2D eigenvalue weighted by Crippen LogP contribution is 2.38. The number of aromatic nitrogens is 1. The Kier molecular flexibility index (Phi) is 3.17. The van der Waals surface area contributed by atoms with Crippen LogP contribution in [-0.4, -0.2) is 11.5 Å². The highest BCUT2D eigenvalue weighted by Gasteiger charge is 2.29. The first kappa shape index (κ1) is 12.5. The highest BCUT2D eigenvalue weighted by molar-refractivity contribution is 5.79. The maximum atomic E-state index is 4.41. The summed E-state index contributed by atoms with van der Waals surface area (Å²) in [5, 5.41) is 4.88. The van der Waals surface area contributed by atoms with Crippen molar-refractivity contribution >= 4 is 10.9 Å². The van der Waals surface area contributed by atoms with Gasteiger partial charge in [-0.25, -0.2) is 0 Å². The maximum absolute atomic E-state index is 4.41. The molecule has 1 aliphatic rings. The zero-order valence-electron chi connectivity index (χ0n) is 11.9. The van der Waals surface area contributed by atoms with Gasteiger partial charge in [-0.3, -0.25) is 4.98 Å². The lowest BCUT2D eigenvalue weighted by Gasteiger charge is -2.21. The van der Waals surface area contributed by atoms with Gasteiger partial charge in [0.1, 0.15) is 0 Å². The van der Waals surface area contributed by atoms with Crippen LogP contribution in [0, 0.1) is 0 Å². The molecule has 0 bridgehead atoms. The number of fused-ring (bicyclic) bond motifs is 1. The minimum Gasteiger partial charge on any atom is -0.309 e. The molecule has 2 atom stereocenters. The molecule has 1 N–H and O–H groups in total. The minimum atomic E-state index is 0.400. The fourth-order valence-electron chi connectivity index (χ4n) is 3.40. The van der Waals surface area contributed by atoms with Crippen LogP contribution in [-0.2, 0) is 0 Å². The standard InChI is InChI=1S/C19H18N2/c1-2-5-14(6-3-1)17-10-12-21-19(17)16-8-9-18-15(13-16)7-4-11-20-18/h1-9,11,13,17,19,21H,10,12H2. The Morgan fingerprint density at radius 1 is 0.905 bits per heavy atom. The van der Waals surface area contributed by atoms with Crippen molar-refractivity contribution in [1.82, 2.24) is 10.3 Å². The highest BCUT2D eigenvalue weighted by atomic mass is 15.0. The molecule has 1 aliphatic heterocycles. The van der Waals surface area contributed by atoms with Gasteiger partial charge < -0.3 is 5.32 Å². The normalized spacial score (nSPS) is 21.7. The van der Waals surface area contributed by atoms with Gasteiger partial charge in [-0.15, -0.1) is 0 Å². The van der Waals surface area contributed by atoms with Crippen LogP contribution < -0.4 is 5.32 Å². The van der Waals surface area contributed by atoms with E-state index in [9.17, 15) is 0 Å². The fraction of sp³-hybridized carbons (Fsp3) is 0.211. The molecule has 1 aromatic heterocycles. The largest absolute Gasteiger partial charge is 0.309 e. The molecular formula is C19H18N2. The average Bonchev–Trinajstić information content (AvgIpc) is 3.05. The molecule has 3 aromatic rings. The third kappa shape index (κ3) is 2.32. The van der Waals surface area contributed by atoms with E-state index in [2.05, 4.69) is 64.9 Å². The smallest absolute Gasteiger partial charge is 0.0702 e. The Labute approximate surface area is 124 Å². The summed E-state index contributed by atoms with van der Waals surface area (Å²) in [6.07, 6.45) is 3.04. The number of hydrogen-bond donors (Lipinski definition) is 1. The van der Waals surface area contributed by atoms with Crippen molar-refractivity contribution in [2.24, 2.45) is 0 Å². The van der Waals surface area contributed by atoms with Crippen LogP contribution in [0.15, 0.2) is 66.9 Å². The lowest BCUT2D eigenvalue weighted by atomic mass is 9.87. The molecule has 1 saturated heterocycles. The van der Waals surface area contributed by atoms with E-state index in [-0.39, 0.29) is 0 Å². The fourth-order valence-corrected chi connectivity index (χ4v) is 3.40. The van der Waals surface area contributed by atoms with Crippen molar-refractivity contribution in [2.75, 3.05) is 6.54 Å². The molecule has 21 heavy (non-hydrogen) atoms. The summed E-state index contributed by atoms with van der Waals surface area (Å²) >= 11 is 0. The molecule has 2 heteroatoms. The molecule has 0 aliphatic carbocycles. The molecule has 2 nitrogen and oxygen atoms in total. The van der Waals surface area contributed by atoms with Gasteiger partial charge >= 0.3 is 0 Å². The van der Waals surface area contributed by atoms with E-state index in [4.69, 9.17) is 0 Å². The molecule has 0 amide bonds. The van der Waals surface area contributed by atoms with Crippen molar-refractivity contribution in [3.05, 3.63) is 78.0 Å². The molecule has 104 valence electrons. The van der Waals surface area contributed by atoms with Crippen molar-refractivity contribution in [2.45, 2.75) is 18.4 Å². The Morgan fingerprint density at radius 2 is 1.81 bits per heavy atom. The number of nitrogens with one attached hydrogen (secondary N) is 1. The number of nitrogens with zero attached hydrogens (tertiary/aromatic N) is 1. The first-order chi connectivity index (χ1) is 10.4. The molecular weight excluding hydrogens is 256 g/mol. The Hall–Kier alpha value is -2.19. The zero-order chi connectivity index (χ0) is 14.1. The van der Waals surface area contributed by atoms with E-state index in [1.54, 1.807) is 0 Å². The van der Waals surface area contributed by atoms with Gasteiger partial charge in [-0.2, -0.15) is 0 Å². The van der Waals surface area contributed by atoms with Crippen LogP contribution in [0.25, 0.3) is 10.9 Å². The van der Waals surface area contributed by atoms with Gasteiger partial charge in [-0.05, 0) is 42.3 Å². The van der Waals surface area contributed by atoms with Crippen LogP contribution in [0.3, 0.4) is 0 Å². The Balaban J connectivity index is 1.73. The number of benzene rings is 2. The Morgan fingerprint density at radius 3 is 2.71 bits per heavy atom. The average molecular weight is 274 g/mol. The van der Waals surface area contributed by atoms with Crippen molar-refractivity contribution in [1.29, 1.82) is 0 Å². The molecule has 2 aromatic carbocycles. The molecule has 4 rings (SSSR count). The second-order valence-corrected chi connectivity index (χ2v) is 5.69. The maximum Gasteiger partial charge on any atom is 0.0702 e. The quantitative estimate of drug-likeness (QED) is 0.762. The summed E-state index contributed by atoms with van der Waals surface area (Å²) in [7, 11) is 0. The monoisotopic (exact) mass is 274 g/mol. The third-order valence-electron chi connectivity index (χ3n) is 4.44. The van der Waals surface area contributed by atoms with Crippen LogP contribution >= 0.6 is 0 Å². The topological polar surface area (TPSA) is 24.9 Å². The van der Waals surface area contributed by atoms with E-state index < -0.39 is 0 Å². The predicted molar refractivity (Wildman–Crippen MR) is 86.3 cm³/mol. The van der Waals surface area contributed by atoms with Gasteiger partial charge in [0.05, 0.1) is 5.52 Å². The van der Waals surface area contributed by atoms with Crippen molar-refractivity contribution in [3.8, 4) is 0 Å². The van der Waals surface area contributed by atoms with Gasteiger partial charge in [0.2, 0.25) is 0 Å². The first-order valence-corrected chi connectivity index (χ1v) is 7.55. The van der Waals surface area contributed by atoms with E-state index in [1.807, 2.05) is 12.3 Å². The molecule has 0 saturated carbocycles. The van der Waals surface area contributed by atoms with Crippen LogP contribution in [0.2, 0.25) is 0 Å². The van der Waals surface area contributed by atoms with Gasteiger partial charge in [0.15, 0.2) is 0 Å². The SMILES string of the molecule is c1ccc(C2CCNC2c2ccc3ncccc3c2)cc1. The lowest BCUT2D eigenvalue weighted by Crippen LogP contribution is -2.17. The number of hydrogen-bond acceptors (Lipinski definition) is 2.